The monoisotopic (exact) mass is 273 g/mol. The first-order valence-corrected chi connectivity index (χ1v) is 7.31. The maximum atomic E-state index is 10.7. The van der Waals surface area contributed by atoms with Crippen molar-refractivity contribution in [3.8, 4) is 0 Å². The van der Waals surface area contributed by atoms with Crippen LogP contribution in [0.5, 0.6) is 0 Å². The van der Waals surface area contributed by atoms with Gasteiger partial charge >= 0.3 is 5.97 Å². The fourth-order valence-corrected chi connectivity index (χ4v) is 2.67. The Morgan fingerprint density at radius 2 is 1.95 bits per heavy atom. The number of carboxylic acids is 1. The van der Waals surface area contributed by atoms with Crippen LogP contribution < -0.4 is 0 Å². The molecule has 3 heteroatoms. The molecule has 1 aliphatic rings. The number of likely N-dealkylation sites (tertiary alicyclic amines) is 1. The Balaban J connectivity index is 1.75. The molecule has 0 atom stereocenters. The number of aliphatic carboxylic acids is 1. The molecule has 0 unspecified atom stereocenters. The van der Waals surface area contributed by atoms with E-state index in [0.717, 1.165) is 25.6 Å². The van der Waals surface area contributed by atoms with Crippen molar-refractivity contribution in [2.24, 2.45) is 5.92 Å². The third kappa shape index (κ3) is 4.49. The maximum Gasteiger partial charge on any atom is 0.330 e. The lowest BCUT2D eigenvalue weighted by atomic mass is 9.90. The predicted molar refractivity (Wildman–Crippen MR) is 80.7 cm³/mol. The van der Waals surface area contributed by atoms with Crippen LogP contribution in [-0.4, -0.2) is 35.6 Å². The summed E-state index contributed by atoms with van der Waals surface area (Å²) < 4.78 is 0. The second kappa shape index (κ2) is 7.25. The second-order valence-corrected chi connectivity index (χ2v) is 5.63. The Hall–Kier alpha value is -1.61. The van der Waals surface area contributed by atoms with Gasteiger partial charge in [-0.15, -0.1) is 0 Å². The summed E-state index contributed by atoms with van der Waals surface area (Å²) in [6.45, 7) is 4.56. The van der Waals surface area contributed by atoms with Crippen molar-refractivity contribution >= 4 is 5.97 Å². The van der Waals surface area contributed by atoms with Gasteiger partial charge in [-0.25, -0.2) is 4.79 Å². The third-order valence-electron chi connectivity index (χ3n) is 4.07. The number of hydrogen-bond acceptors (Lipinski definition) is 2. The Morgan fingerprint density at radius 3 is 2.55 bits per heavy atom. The van der Waals surface area contributed by atoms with Gasteiger partial charge < -0.3 is 5.11 Å². The van der Waals surface area contributed by atoms with E-state index in [-0.39, 0.29) is 0 Å². The van der Waals surface area contributed by atoms with E-state index in [0.29, 0.717) is 5.57 Å². The Bertz CT molecular complexity index is 459. The summed E-state index contributed by atoms with van der Waals surface area (Å²) >= 11 is 0. The van der Waals surface area contributed by atoms with E-state index in [4.69, 9.17) is 5.11 Å². The summed E-state index contributed by atoms with van der Waals surface area (Å²) in [6.07, 6.45) is 5.39. The van der Waals surface area contributed by atoms with E-state index in [1.165, 1.54) is 24.8 Å². The fourth-order valence-electron chi connectivity index (χ4n) is 2.67. The lowest BCUT2D eigenvalue weighted by Crippen LogP contribution is -2.34. The normalized spacial score (nSPS) is 18.1. The first-order chi connectivity index (χ1) is 9.65. The van der Waals surface area contributed by atoms with Gasteiger partial charge in [0, 0.05) is 12.1 Å². The van der Waals surface area contributed by atoms with Crippen LogP contribution in [0.3, 0.4) is 0 Å². The van der Waals surface area contributed by atoms with Crippen LogP contribution in [0.4, 0.5) is 0 Å². The fraction of sp³-hybridized carbons (Fsp3) is 0.471. The molecule has 1 fully saturated rings. The Kier molecular flexibility index (Phi) is 5.36. The first kappa shape index (κ1) is 14.8. The van der Waals surface area contributed by atoms with Crippen LogP contribution >= 0.6 is 0 Å². The highest BCUT2D eigenvalue weighted by atomic mass is 16.4. The predicted octanol–water partition coefficient (Wildman–Crippen LogP) is 2.97. The van der Waals surface area contributed by atoms with Crippen molar-refractivity contribution in [3.05, 3.63) is 47.5 Å². The van der Waals surface area contributed by atoms with Crippen molar-refractivity contribution in [2.75, 3.05) is 19.6 Å². The number of rotatable bonds is 5. The Morgan fingerprint density at radius 1 is 1.30 bits per heavy atom. The van der Waals surface area contributed by atoms with Crippen LogP contribution in [0.2, 0.25) is 0 Å². The molecule has 1 N–H and O–H groups in total. The van der Waals surface area contributed by atoms with Gasteiger partial charge in [-0.3, -0.25) is 4.90 Å². The van der Waals surface area contributed by atoms with Gasteiger partial charge in [0.15, 0.2) is 0 Å². The number of hydrogen-bond donors (Lipinski definition) is 1. The average Bonchev–Trinajstić information content (AvgIpc) is 2.47. The minimum atomic E-state index is -0.816. The molecule has 0 aliphatic carbocycles. The van der Waals surface area contributed by atoms with Gasteiger partial charge in [0.25, 0.3) is 0 Å². The molecule has 108 valence electrons. The van der Waals surface area contributed by atoms with E-state index in [9.17, 15) is 4.79 Å². The lowest BCUT2D eigenvalue weighted by molar-refractivity contribution is -0.132. The zero-order chi connectivity index (χ0) is 14.4. The van der Waals surface area contributed by atoms with Gasteiger partial charge in [-0.05, 0) is 50.8 Å². The van der Waals surface area contributed by atoms with Crippen molar-refractivity contribution in [1.82, 2.24) is 4.90 Å². The van der Waals surface area contributed by atoms with Gasteiger partial charge in [-0.2, -0.15) is 0 Å². The van der Waals surface area contributed by atoms with Gasteiger partial charge in [0.05, 0.1) is 0 Å². The van der Waals surface area contributed by atoms with Crippen LogP contribution in [0.1, 0.15) is 25.3 Å². The molecule has 2 rings (SSSR count). The number of piperidine rings is 1. The van der Waals surface area contributed by atoms with Crippen molar-refractivity contribution in [2.45, 2.75) is 26.2 Å². The van der Waals surface area contributed by atoms with E-state index in [1.807, 2.05) is 6.08 Å². The number of nitrogens with zero attached hydrogens (tertiary/aromatic N) is 1. The molecule has 0 aromatic heterocycles. The molecule has 1 aromatic carbocycles. The smallest absolute Gasteiger partial charge is 0.330 e. The average molecular weight is 273 g/mol. The van der Waals surface area contributed by atoms with Gasteiger partial charge in [-0.1, -0.05) is 36.4 Å². The third-order valence-corrected chi connectivity index (χ3v) is 4.07. The summed E-state index contributed by atoms with van der Waals surface area (Å²) in [6, 6.07) is 10.7. The van der Waals surface area contributed by atoms with Crippen LogP contribution in [0.15, 0.2) is 42.0 Å². The minimum absolute atomic E-state index is 0.441. The van der Waals surface area contributed by atoms with Gasteiger partial charge in [0.1, 0.15) is 0 Å². The zero-order valence-corrected chi connectivity index (χ0v) is 12.1. The molecule has 1 heterocycles. The molecule has 0 spiro atoms. The Labute approximate surface area is 120 Å². The molecule has 0 bridgehead atoms. The van der Waals surface area contributed by atoms with E-state index in [1.54, 1.807) is 6.92 Å². The number of carboxylic acid groups (broad SMARTS) is 1. The summed E-state index contributed by atoms with van der Waals surface area (Å²) in [4.78, 5) is 13.1. The highest BCUT2D eigenvalue weighted by molar-refractivity contribution is 5.85. The molecule has 0 radical (unpaired) electrons. The van der Waals surface area contributed by atoms with Crippen molar-refractivity contribution in [1.29, 1.82) is 0 Å². The molecule has 1 aliphatic heterocycles. The van der Waals surface area contributed by atoms with Gasteiger partial charge in [0.2, 0.25) is 0 Å². The summed E-state index contributed by atoms with van der Waals surface area (Å²) in [5, 5.41) is 8.83. The molecular weight excluding hydrogens is 250 g/mol. The summed E-state index contributed by atoms with van der Waals surface area (Å²) in [5.74, 6) is -0.0536. The quantitative estimate of drug-likeness (QED) is 0.838. The first-order valence-electron chi connectivity index (χ1n) is 7.31. The largest absolute Gasteiger partial charge is 0.478 e. The summed E-state index contributed by atoms with van der Waals surface area (Å²) in [5.41, 5.74) is 1.86. The van der Waals surface area contributed by atoms with E-state index in [2.05, 4.69) is 35.2 Å². The highest BCUT2D eigenvalue weighted by Gasteiger charge is 2.18. The molecule has 1 saturated heterocycles. The van der Waals surface area contributed by atoms with Crippen LogP contribution in [0.25, 0.3) is 0 Å². The standard InChI is InChI=1S/C17H23NO2/c1-14(17(19)20)7-10-18-11-8-16(9-12-18)13-15-5-3-2-4-6-15/h2-7,16H,8-13H2,1H3,(H,19,20). The number of benzene rings is 1. The zero-order valence-electron chi connectivity index (χ0n) is 12.1. The lowest BCUT2D eigenvalue weighted by Gasteiger charge is -2.31. The topological polar surface area (TPSA) is 40.5 Å². The SMILES string of the molecule is CC(=CCN1CCC(Cc2ccccc2)CC1)C(=O)O. The molecule has 0 amide bonds. The molecule has 20 heavy (non-hydrogen) atoms. The molecule has 0 saturated carbocycles. The highest BCUT2D eigenvalue weighted by Crippen LogP contribution is 2.21. The second-order valence-electron chi connectivity index (χ2n) is 5.63. The van der Waals surface area contributed by atoms with Crippen molar-refractivity contribution in [3.63, 3.8) is 0 Å². The van der Waals surface area contributed by atoms with Crippen molar-refractivity contribution < 1.29 is 9.90 Å². The van der Waals surface area contributed by atoms with Crippen LogP contribution in [0, 0.1) is 5.92 Å². The molecule has 3 nitrogen and oxygen atoms in total. The summed E-state index contributed by atoms with van der Waals surface area (Å²) in [7, 11) is 0. The molecule has 1 aromatic rings. The minimum Gasteiger partial charge on any atom is -0.478 e. The maximum absolute atomic E-state index is 10.7. The van der Waals surface area contributed by atoms with E-state index >= 15 is 0 Å². The van der Waals surface area contributed by atoms with Crippen LogP contribution in [-0.2, 0) is 11.2 Å². The number of carbonyl (C=O) groups is 1. The van der Waals surface area contributed by atoms with E-state index < -0.39 is 5.97 Å². The molecular formula is C17H23NO2.